The first kappa shape index (κ1) is 38.3. The van der Waals surface area contributed by atoms with Crippen molar-refractivity contribution in [3.63, 3.8) is 0 Å². The third-order valence-electron chi connectivity index (χ3n) is 14.3. The maximum atomic E-state index is 2.48. The summed E-state index contributed by atoms with van der Waals surface area (Å²) in [5.41, 5.74) is 16.8. The molecule has 2 heterocycles. The Kier molecular flexibility index (Phi) is 8.62. The van der Waals surface area contributed by atoms with E-state index in [9.17, 15) is 0 Å². The third-order valence-corrected chi connectivity index (χ3v) is 14.3. The van der Waals surface area contributed by atoms with Crippen molar-refractivity contribution in [1.82, 2.24) is 9.13 Å². The number of benzene rings is 12. The molecular formula is C66H42N2. The van der Waals surface area contributed by atoms with Crippen LogP contribution < -0.4 is 0 Å². The minimum absolute atomic E-state index is 1.15. The second-order valence-corrected chi connectivity index (χ2v) is 18.0. The minimum Gasteiger partial charge on any atom is -0.309 e. The van der Waals surface area contributed by atoms with Gasteiger partial charge >= 0.3 is 0 Å². The van der Waals surface area contributed by atoms with Crippen LogP contribution >= 0.6 is 0 Å². The van der Waals surface area contributed by atoms with Gasteiger partial charge in [0.1, 0.15) is 0 Å². The molecule has 2 aromatic heterocycles. The topological polar surface area (TPSA) is 9.86 Å². The van der Waals surface area contributed by atoms with Crippen LogP contribution in [0.2, 0.25) is 0 Å². The molecule has 316 valence electrons. The number of hydrogen-bond donors (Lipinski definition) is 0. The molecule has 0 fully saturated rings. The summed E-state index contributed by atoms with van der Waals surface area (Å²) in [6.45, 7) is 0. The van der Waals surface area contributed by atoms with Crippen LogP contribution in [0.1, 0.15) is 0 Å². The van der Waals surface area contributed by atoms with E-state index < -0.39 is 0 Å². The average Bonchev–Trinajstić information content (AvgIpc) is 3.92. The molecule has 14 rings (SSSR count). The highest BCUT2D eigenvalue weighted by Crippen LogP contribution is 2.47. The minimum atomic E-state index is 1.15. The van der Waals surface area contributed by atoms with E-state index in [1.807, 2.05) is 0 Å². The van der Waals surface area contributed by atoms with Gasteiger partial charge in [0, 0.05) is 32.9 Å². The molecule has 0 saturated heterocycles. The van der Waals surface area contributed by atoms with E-state index in [-0.39, 0.29) is 0 Å². The maximum Gasteiger partial charge on any atom is 0.0547 e. The summed E-state index contributed by atoms with van der Waals surface area (Å²) in [4.78, 5) is 0. The normalized spacial score (nSPS) is 11.8. The molecule has 2 nitrogen and oxygen atoms in total. The van der Waals surface area contributed by atoms with Gasteiger partial charge in [-0.25, -0.2) is 0 Å². The molecule has 0 aliphatic carbocycles. The Labute approximate surface area is 393 Å². The Morgan fingerprint density at radius 3 is 1.19 bits per heavy atom. The van der Waals surface area contributed by atoms with Gasteiger partial charge in [-0.3, -0.25) is 0 Å². The van der Waals surface area contributed by atoms with E-state index in [4.69, 9.17) is 0 Å². The van der Waals surface area contributed by atoms with Gasteiger partial charge in [-0.05, 0) is 144 Å². The second kappa shape index (κ2) is 15.3. The van der Waals surface area contributed by atoms with Crippen molar-refractivity contribution in [2.75, 3.05) is 0 Å². The monoisotopic (exact) mass is 862 g/mol. The molecule has 0 radical (unpaired) electrons. The van der Waals surface area contributed by atoms with Gasteiger partial charge in [0.15, 0.2) is 0 Å². The quantitative estimate of drug-likeness (QED) is 0.147. The molecule has 2 heteroatoms. The van der Waals surface area contributed by atoms with Crippen LogP contribution in [0.25, 0.3) is 132 Å². The van der Waals surface area contributed by atoms with Crippen LogP contribution in [0.3, 0.4) is 0 Å². The summed E-state index contributed by atoms with van der Waals surface area (Å²) in [7, 11) is 0. The fraction of sp³-hybridized carbons (Fsp3) is 0. The summed E-state index contributed by atoms with van der Waals surface area (Å²) >= 11 is 0. The lowest BCUT2D eigenvalue weighted by Gasteiger charge is -2.19. The van der Waals surface area contributed by atoms with Gasteiger partial charge in [-0.2, -0.15) is 0 Å². The number of nitrogens with zero attached hydrogens (tertiary/aromatic N) is 2. The summed E-state index contributed by atoms with van der Waals surface area (Å²) in [6.07, 6.45) is 0. The van der Waals surface area contributed by atoms with Crippen LogP contribution in [0.15, 0.2) is 255 Å². The van der Waals surface area contributed by atoms with Crippen LogP contribution in [-0.4, -0.2) is 9.13 Å². The molecular weight excluding hydrogens is 821 g/mol. The van der Waals surface area contributed by atoms with Crippen molar-refractivity contribution in [1.29, 1.82) is 0 Å². The number of para-hydroxylation sites is 4. The van der Waals surface area contributed by atoms with Crippen molar-refractivity contribution < 1.29 is 0 Å². The molecule has 0 aliphatic rings. The zero-order valence-corrected chi connectivity index (χ0v) is 37.1. The molecule has 0 bridgehead atoms. The van der Waals surface area contributed by atoms with Crippen molar-refractivity contribution >= 4 is 75.9 Å². The number of aromatic nitrogens is 2. The van der Waals surface area contributed by atoms with Crippen molar-refractivity contribution in [3.05, 3.63) is 255 Å². The predicted molar refractivity (Wildman–Crippen MR) is 289 cm³/mol. The lowest BCUT2D eigenvalue weighted by atomic mass is 9.84. The molecule has 0 atom stereocenters. The van der Waals surface area contributed by atoms with Gasteiger partial charge in [-0.1, -0.05) is 188 Å². The predicted octanol–water partition coefficient (Wildman–Crippen LogP) is 18.0. The fourth-order valence-electron chi connectivity index (χ4n) is 11.3. The van der Waals surface area contributed by atoms with E-state index in [2.05, 4.69) is 264 Å². The smallest absolute Gasteiger partial charge is 0.0547 e. The first-order valence-electron chi connectivity index (χ1n) is 23.5. The molecule has 0 spiro atoms. The van der Waals surface area contributed by atoms with Crippen LogP contribution in [0, 0.1) is 0 Å². The van der Waals surface area contributed by atoms with Crippen LogP contribution in [0.5, 0.6) is 0 Å². The Morgan fingerprint density at radius 2 is 0.647 bits per heavy atom. The SMILES string of the molecule is c1ccc(-c2cc(-c3c4cccc(-c5ccc6c7ccccc7n(-c7ccccc7)c6c5)c4cc4c(-c5ccc6c7ccccc7n(-c7ccccc7)c6c5)cccc34)cc3ccccc23)cc1. The fourth-order valence-corrected chi connectivity index (χ4v) is 11.3. The van der Waals surface area contributed by atoms with Crippen LogP contribution in [0.4, 0.5) is 0 Å². The molecule has 0 N–H and O–H groups in total. The van der Waals surface area contributed by atoms with Gasteiger partial charge < -0.3 is 9.13 Å². The zero-order chi connectivity index (χ0) is 44.7. The molecule has 12 aromatic carbocycles. The zero-order valence-electron chi connectivity index (χ0n) is 37.1. The summed E-state index contributed by atoms with van der Waals surface area (Å²) in [5.74, 6) is 0. The summed E-state index contributed by atoms with van der Waals surface area (Å²) in [5, 5.41) is 12.4. The molecule has 0 aliphatic heterocycles. The number of fused-ring (bicyclic) bond motifs is 9. The number of rotatable bonds is 6. The largest absolute Gasteiger partial charge is 0.309 e. The Bertz CT molecular complexity index is 4080. The standard InChI is InChI=1S/C66H42N2/c1-4-18-43(19-5-1)59-39-47(38-44-20-10-11-25-50(44)59)66-57-30-16-28-51(45-34-36-55-53-26-12-14-32-62(53)67(64(55)40-45)48-21-6-2-7-22-48)60(57)42-61-52(29-17-31-58(61)66)46-35-37-56-54-27-13-15-33-63(54)68(65(56)41-46)49-23-8-3-9-24-49/h1-42H. The van der Waals surface area contributed by atoms with Gasteiger partial charge in [-0.15, -0.1) is 0 Å². The van der Waals surface area contributed by atoms with E-state index in [0.717, 1.165) is 11.4 Å². The molecule has 0 amide bonds. The highest BCUT2D eigenvalue weighted by molar-refractivity contribution is 6.21. The second-order valence-electron chi connectivity index (χ2n) is 18.0. The lowest BCUT2D eigenvalue weighted by molar-refractivity contribution is 1.18. The first-order valence-corrected chi connectivity index (χ1v) is 23.5. The van der Waals surface area contributed by atoms with Crippen molar-refractivity contribution in [2.24, 2.45) is 0 Å². The van der Waals surface area contributed by atoms with E-state index in [0.29, 0.717) is 0 Å². The lowest BCUT2D eigenvalue weighted by Crippen LogP contribution is -1.94. The van der Waals surface area contributed by atoms with Crippen molar-refractivity contribution in [2.45, 2.75) is 0 Å². The molecule has 0 saturated carbocycles. The van der Waals surface area contributed by atoms with E-state index in [1.54, 1.807) is 0 Å². The Morgan fingerprint density at radius 1 is 0.206 bits per heavy atom. The van der Waals surface area contributed by atoms with Crippen LogP contribution in [-0.2, 0) is 0 Å². The average molecular weight is 863 g/mol. The van der Waals surface area contributed by atoms with Gasteiger partial charge in [0.2, 0.25) is 0 Å². The Balaban J connectivity index is 1.08. The highest BCUT2D eigenvalue weighted by Gasteiger charge is 2.21. The number of hydrogen-bond acceptors (Lipinski definition) is 0. The highest BCUT2D eigenvalue weighted by atomic mass is 15.0. The molecule has 0 unspecified atom stereocenters. The van der Waals surface area contributed by atoms with Gasteiger partial charge in [0.25, 0.3) is 0 Å². The van der Waals surface area contributed by atoms with E-state index in [1.165, 1.54) is 120 Å². The van der Waals surface area contributed by atoms with Crippen molar-refractivity contribution in [3.8, 4) is 55.9 Å². The molecule has 68 heavy (non-hydrogen) atoms. The third kappa shape index (κ3) is 5.91. The van der Waals surface area contributed by atoms with E-state index >= 15 is 0 Å². The summed E-state index contributed by atoms with van der Waals surface area (Å²) in [6, 6.07) is 94.0. The first-order chi connectivity index (χ1) is 33.7. The van der Waals surface area contributed by atoms with Gasteiger partial charge in [0.05, 0.1) is 22.1 Å². The Hall–Kier alpha value is -8.98. The molecule has 14 aromatic rings. The summed E-state index contributed by atoms with van der Waals surface area (Å²) < 4.78 is 4.84. The maximum absolute atomic E-state index is 2.48.